The Morgan fingerprint density at radius 3 is 2.14 bits per heavy atom. The van der Waals surface area contributed by atoms with Gasteiger partial charge in [0.05, 0.1) is 23.8 Å². The summed E-state index contributed by atoms with van der Waals surface area (Å²) in [5.74, 6) is -3.53. The van der Waals surface area contributed by atoms with E-state index in [1.165, 1.54) is 19.2 Å². The summed E-state index contributed by atoms with van der Waals surface area (Å²) in [5.41, 5.74) is 14.1. The summed E-state index contributed by atoms with van der Waals surface area (Å²) >= 11 is 0. The van der Waals surface area contributed by atoms with Crippen molar-refractivity contribution in [3.05, 3.63) is 144 Å². The number of para-hydroxylation sites is 1. The second-order valence-corrected chi connectivity index (χ2v) is 15.7. The van der Waals surface area contributed by atoms with E-state index in [1.807, 2.05) is 43.3 Å². The third-order valence-corrected chi connectivity index (χ3v) is 11.5. The molecule has 1 aliphatic rings. The lowest BCUT2D eigenvalue weighted by Gasteiger charge is -2.32. The van der Waals surface area contributed by atoms with Crippen LogP contribution in [0.25, 0.3) is 0 Å². The third-order valence-electron chi connectivity index (χ3n) is 9.62. The minimum absolute atomic E-state index is 0.0217. The van der Waals surface area contributed by atoms with Gasteiger partial charge in [0.25, 0.3) is 5.91 Å². The number of hydrogen-bond acceptors (Lipinski definition) is 8. The molecule has 4 N–H and O–H groups in total. The molecule has 0 bridgehead atoms. The Kier molecular flexibility index (Phi) is 14.5. The highest BCUT2D eigenvalue weighted by atomic mass is 32.2. The Morgan fingerprint density at radius 2 is 1.51 bits per heavy atom. The third kappa shape index (κ3) is 11.2. The van der Waals surface area contributed by atoms with Gasteiger partial charge in [-0.2, -0.15) is 4.31 Å². The van der Waals surface area contributed by atoms with Crippen molar-refractivity contribution >= 4 is 45.4 Å². The molecule has 0 saturated heterocycles. The molecule has 5 rings (SSSR count). The lowest BCUT2D eigenvalue weighted by molar-refractivity contribution is -0.147. The molecule has 298 valence electrons. The second kappa shape index (κ2) is 19.6. The van der Waals surface area contributed by atoms with Crippen LogP contribution in [0.3, 0.4) is 0 Å². The van der Waals surface area contributed by atoms with E-state index >= 15 is 0 Å². The Morgan fingerprint density at radius 1 is 0.895 bits per heavy atom. The van der Waals surface area contributed by atoms with Gasteiger partial charge in [-0.25, -0.2) is 8.42 Å². The highest BCUT2D eigenvalue weighted by Crippen LogP contribution is 2.28. The van der Waals surface area contributed by atoms with Gasteiger partial charge in [-0.1, -0.05) is 96.1 Å². The lowest BCUT2D eigenvalue weighted by Crippen LogP contribution is -2.51. The molecule has 0 aliphatic carbocycles. The van der Waals surface area contributed by atoms with Crippen LogP contribution in [0.1, 0.15) is 47.2 Å². The minimum atomic E-state index is -4.24. The molecular weight excluding hydrogens is 745 g/mol. The van der Waals surface area contributed by atoms with E-state index in [-0.39, 0.29) is 74.3 Å². The summed E-state index contributed by atoms with van der Waals surface area (Å²) in [6.07, 6.45) is 1.78. The van der Waals surface area contributed by atoms with Crippen molar-refractivity contribution in [3.63, 3.8) is 0 Å². The predicted octanol–water partition coefficient (Wildman–Crippen LogP) is 4.82. The summed E-state index contributed by atoms with van der Waals surface area (Å²) < 4.78 is 34.6. The first kappa shape index (κ1) is 42.0. The molecular formula is C43H48N6O7S. The summed E-state index contributed by atoms with van der Waals surface area (Å²) in [6.45, 7) is 1.88. The molecule has 3 amide bonds. The quantitative estimate of drug-likeness (QED) is 0.0528. The smallest absolute Gasteiger partial charge is 0.307 e. The summed E-state index contributed by atoms with van der Waals surface area (Å²) in [7, 11) is -2.93. The number of anilines is 1. The maximum Gasteiger partial charge on any atom is 0.307 e. The molecule has 14 heteroatoms. The molecule has 1 unspecified atom stereocenters. The fourth-order valence-corrected chi connectivity index (χ4v) is 7.83. The number of carbonyl (C=O) groups excluding carboxylic acids is 4. The summed E-state index contributed by atoms with van der Waals surface area (Å²) in [5, 5.41) is 0. The molecule has 1 aliphatic heterocycles. The van der Waals surface area contributed by atoms with Crippen LogP contribution in [0, 0.1) is 12.8 Å². The van der Waals surface area contributed by atoms with Gasteiger partial charge in [0.1, 0.15) is 12.6 Å². The van der Waals surface area contributed by atoms with Crippen LogP contribution in [0.5, 0.6) is 0 Å². The number of amides is 3. The van der Waals surface area contributed by atoms with Gasteiger partial charge in [0.2, 0.25) is 21.8 Å². The number of likely N-dealkylation sites (N-methyl/N-ethyl adjacent to an activating group) is 1. The van der Waals surface area contributed by atoms with Crippen molar-refractivity contribution in [3.8, 4) is 0 Å². The molecule has 4 aromatic carbocycles. The van der Waals surface area contributed by atoms with Crippen LogP contribution in [0.15, 0.2) is 137 Å². The Labute approximate surface area is 333 Å². The van der Waals surface area contributed by atoms with Crippen molar-refractivity contribution in [1.82, 2.24) is 9.21 Å². The Bertz CT molecular complexity index is 2180. The van der Waals surface area contributed by atoms with Crippen molar-refractivity contribution in [2.75, 3.05) is 31.6 Å². The molecule has 0 saturated carbocycles. The van der Waals surface area contributed by atoms with Gasteiger partial charge in [0.15, 0.2) is 5.96 Å². The monoisotopic (exact) mass is 792 g/mol. The van der Waals surface area contributed by atoms with Gasteiger partial charge in [-0.05, 0) is 68.1 Å². The van der Waals surface area contributed by atoms with Crippen molar-refractivity contribution in [1.29, 1.82) is 0 Å². The van der Waals surface area contributed by atoms with Crippen LogP contribution in [-0.4, -0.2) is 80.0 Å². The van der Waals surface area contributed by atoms with E-state index < -0.39 is 39.8 Å². The van der Waals surface area contributed by atoms with E-state index in [0.717, 1.165) is 20.3 Å². The first-order valence-corrected chi connectivity index (χ1v) is 20.1. The molecule has 0 fully saturated rings. The van der Waals surface area contributed by atoms with Crippen molar-refractivity contribution < 1.29 is 32.3 Å². The number of rotatable bonds is 16. The minimum Gasteiger partial charge on any atom is -0.461 e. The number of guanidine groups is 1. The summed E-state index contributed by atoms with van der Waals surface area (Å²) in [6, 6.07) is 31.3. The van der Waals surface area contributed by atoms with Crippen molar-refractivity contribution in [2.45, 2.75) is 50.2 Å². The fourth-order valence-electron chi connectivity index (χ4n) is 6.49. The van der Waals surface area contributed by atoms with Crippen LogP contribution in [0.2, 0.25) is 0 Å². The zero-order valence-electron chi connectivity index (χ0n) is 32.1. The standard InChI is InChI=1S/C43H48N6O7S/c1-31-20-22-37(23-21-31)57(54,55)47(2)38(19-12-25-46-43(44)45)42(53)49(40(51)34-15-8-4-9-16-34)29-33-24-26-48(36-17-10-5-11-18-36)41(52)35(27-33)28-39(50)56-30-32-13-6-3-7-14-32/h3-11,13-18,20-23,27,35,38H,12,19,24-26,28-30H2,1-2H3,(H4,44,45,46)/t35?,38-/m0/s1. The number of esters is 1. The fraction of sp³-hybridized carbons (Fsp3) is 0.279. The average Bonchev–Trinajstić information content (AvgIpc) is 3.37. The number of aliphatic imine (C=N–C) groups is 1. The Hall–Kier alpha value is -6.12. The zero-order chi connectivity index (χ0) is 41.0. The van der Waals surface area contributed by atoms with Gasteiger partial charge in [-0.15, -0.1) is 0 Å². The number of imide groups is 1. The topological polar surface area (TPSA) is 186 Å². The van der Waals surface area contributed by atoms with E-state index in [2.05, 4.69) is 4.99 Å². The molecule has 57 heavy (non-hydrogen) atoms. The molecule has 0 aromatic heterocycles. The maximum atomic E-state index is 14.9. The van der Waals surface area contributed by atoms with Gasteiger partial charge in [0, 0.05) is 31.4 Å². The zero-order valence-corrected chi connectivity index (χ0v) is 32.9. The van der Waals surface area contributed by atoms with E-state index in [0.29, 0.717) is 11.3 Å². The maximum absolute atomic E-state index is 14.9. The van der Waals surface area contributed by atoms with E-state index in [1.54, 1.807) is 77.7 Å². The lowest BCUT2D eigenvalue weighted by atomic mass is 9.99. The predicted molar refractivity (Wildman–Crippen MR) is 218 cm³/mol. The first-order valence-electron chi connectivity index (χ1n) is 18.6. The number of aryl methyl sites for hydroxylation is 1. The highest BCUT2D eigenvalue weighted by molar-refractivity contribution is 7.89. The average molecular weight is 793 g/mol. The van der Waals surface area contributed by atoms with Gasteiger partial charge in [-0.3, -0.25) is 29.1 Å². The molecule has 0 spiro atoms. The SMILES string of the molecule is Cc1ccc(S(=O)(=O)N(C)[C@@H](CCCN=C(N)N)C(=O)N(CC2=CC(CC(=O)OCc3ccccc3)C(=O)N(c3ccccc3)CC2)C(=O)c2ccccc2)cc1. The van der Waals surface area contributed by atoms with Crippen molar-refractivity contribution in [2.24, 2.45) is 22.4 Å². The van der Waals surface area contributed by atoms with Crippen LogP contribution in [0.4, 0.5) is 5.69 Å². The number of benzene rings is 4. The van der Waals surface area contributed by atoms with Gasteiger partial charge >= 0.3 is 5.97 Å². The summed E-state index contributed by atoms with van der Waals surface area (Å²) in [4.78, 5) is 63.3. The number of nitrogens with zero attached hydrogens (tertiary/aromatic N) is 4. The second-order valence-electron chi connectivity index (χ2n) is 13.8. The number of nitrogens with two attached hydrogens (primary N) is 2. The van der Waals surface area contributed by atoms with Gasteiger partial charge < -0.3 is 21.1 Å². The van der Waals surface area contributed by atoms with E-state index in [4.69, 9.17) is 16.2 Å². The largest absolute Gasteiger partial charge is 0.461 e. The molecule has 0 radical (unpaired) electrons. The Balaban J connectivity index is 1.51. The highest BCUT2D eigenvalue weighted by Gasteiger charge is 2.39. The number of sulfonamides is 1. The molecule has 1 heterocycles. The number of hydrogen-bond donors (Lipinski definition) is 2. The van der Waals surface area contributed by atoms with E-state index in [9.17, 15) is 27.6 Å². The molecule has 4 aromatic rings. The first-order chi connectivity index (χ1) is 27.3. The van der Waals surface area contributed by atoms with Crippen LogP contribution in [-0.2, 0) is 35.8 Å². The van der Waals surface area contributed by atoms with Crippen LogP contribution < -0.4 is 16.4 Å². The number of carbonyl (C=O) groups is 4. The normalized spacial score (nSPS) is 14.9. The molecule has 2 atom stereocenters. The van der Waals surface area contributed by atoms with Crippen LogP contribution >= 0.6 is 0 Å². The number of ether oxygens (including phenoxy) is 1. The molecule has 13 nitrogen and oxygen atoms in total.